The van der Waals surface area contributed by atoms with Crippen LogP contribution in [0.25, 0.3) is 0 Å². The lowest BCUT2D eigenvalue weighted by molar-refractivity contribution is 0.251. The van der Waals surface area contributed by atoms with Crippen molar-refractivity contribution in [3.63, 3.8) is 0 Å². The van der Waals surface area contributed by atoms with Gasteiger partial charge in [-0.3, -0.25) is 4.90 Å². The average molecular weight is 283 g/mol. The Morgan fingerprint density at radius 2 is 2.26 bits per heavy atom. The Morgan fingerprint density at radius 1 is 1.47 bits per heavy atom. The van der Waals surface area contributed by atoms with Gasteiger partial charge in [0.2, 0.25) is 0 Å². The summed E-state index contributed by atoms with van der Waals surface area (Å²) in [5.74, 6) is 1.45. The molecule has 1 unspecified atom stereocenters. The lowest BCUT2D eigenvalue weighted by atomic mass is 10.2. The van der Waals surface area contributed by atoms with Gasteiger partial charge in [-0.05, 0) is 32.5 Å². The van der Waals surface area contributed by atoms with E-state index in [1.165, 1.54) is 0 Å². The van der Waals surface area contributed by atoms with Crippen LogP contribution in [-0.4, -0.2) is 49.4 Å². The zero-order valence-electron chi connectivity index (χ0n) is 11.5. The summed E-state index contributed by atoms with van der Waals surface area (Å²) in [6, 6.07) is 6.00. The molecule has 1 fully saturated rings. The van der Waals surface area contributed by atoms with Crippen LogP contribution >= 0.6 is 0 Å². The third-order valence-corrected chi connectivity index (χ3v) is 5.16. The second kappa shape index (κ2) is 5.88. The van der Waals surface area contributed by atoms with Crippen LogP contribution < -0.4 is 5.32 Å². The fourth-order valence-corrected chi connectivity index (χ4v) is 4.16. The minimum absolute atomic E-state index is 0.120. The van der Waals surface area contributed by atoms with E-state index in [0.717, 1.165) is 24.5 Å². The standard InChI is InChI=1S/C13H21N3O2S/c1-3-14-13-6-4-5-11(15-13)9-16(2)12-7-8-19(17,18)10-12/h4-6,12H,3,7-10H2,1-2H3,(H,14,15). The van der Waals surface area contributed by atoms with E-state index in [9.17, 15) is 8.42 Å². The van der Waals surface area contributed by atoms with Crippen LogP contribution in [0.5, 0.6) is 0 Å². The molecule has 0 amide bonds. The third-order valence-electron chi connectivity index (χ3n) is 3.41. The van der Waals surface area contributed by atoms with E-state index in [2.05, 4.69) is 15.2 Å². The molecule has 0 bridgehead atoms. The highest BCUT2D eigenvalue weighted by Gasteiger charge is 2.30. The molecule has 2 heterocycles. The summed E-state index contributed by atoms with van der Waals surface area (Å²) in [5.41, 5.74) is 0.963. The maximum atomic E-state index is 11.5. The van der Waals surface area contributed by atoms with E-state index in [-0.39, 0.29) is 11.8 Å². The first kappa shape index (κ1) is 14.3. The predicted molar refractivity (Wildman–Crippen MR) is 76.9 cm³/mol. The van der Waals surface area contributed by atoms with Crippen LogP contribution in [0.15, 0.2) is 18.2 Å². The number of rotatable bonds is 5. The Labute approximate surface area is 114 Å². The number of anilines is 1. The molecule has 5 nitrogen and oxygen atoms in total. The van der Waals surface area contributed by atoms with Crippen LogP contribution in [0.2, 0.25) is 0 Å². The zero-order valence-corrected chi connectivity index (χ0v) is 12.3. The molecule has 2 rings (SSSR count). The van der Waals surface area contributed by atoms with Gasteiger partial charge in [-0.1, -0.05) is 6.07 Å². The number of sulfone groups is 1. The number of pyridine rings is 1. The first-order valence-electron chi connectivity index (χ1n) is 6.60. The maximum absolute atomic E-state index is 11.5. The predicted octanol–water partition coefficient (Wildman–Crippen LogP) is 1.13. The number of hydrogen-bond acceptors (Lipinski definition) is 5. The van der Waals surface area contributed by atoms with Gasteiger partial charge >= 0.3 is 0 Å². The molecule has 0 aromatic carbocycles. The van der Waals surface area contributed by atoms with E-state index >= 15 is 0 Å². The van der Waals surface area contributed by atoms with E-state index in [4.69, 9.17) is 0 Å². The van der Waals surface area contributed by atoms with Crippen molar-refractivity contribution in [3.8, 4) is 0 Å². The molecule has 1 aromatic rings. The normalized spacial score (nSPS) is 21.7. The lowest BCUT2D eigenvalue weighted by Gasteiger charge is -2.22. The van der Waals surface area contributed by atoms with E-state index < -0.39 is 9.84 Å². The van der Waals surface area contributed by atoms with Gasteiger partial charge in [0.05, 0.1) is 17.2 Å². The van der Waals surface area contributed by atoms with Crippen molar-refractivity contribution in [2.24, 2.45) is 0 Å². The largest absolute Gasteiger partial charge is 0.370 e. The molecule has 0 spiro atoms. The molecule has 6 heteroatoms. The Balaban J connectivity index is 1.99. The van der Waals surface area contributed by atoms with Gasteiger partial charge in [0.1, 0.15) is 5.82 Å². The quantitative estimate of drug-likeness (QED) is 0.878. The van der Waals surface area contributed by atoms with Crippen molar-refractivity contribution in [1.29, 1.82) is 0 Å². The summed E-state index contributed by atoms with van der Waals surface area (Å²) in [4.78, 5) is 6.59. The van der Waals surface area contributed by atoms with Crippen LogP contribution in [0, 0.1) is 0 Å². The zero-order chi connectivity index (χ0) is 13.9. The van der Waals surface area contributed by atoms with Crippen molar-refractivity contribution >= 4 is 15.7 Å². The van der Waals surface area contributed by atoms with Gasteiger partial charge < -0.3 is 5.32 Å². The molecular formula is C13H21N3O2S. The number of hydrogen-bond donors (Lipinski definition) is 1. The minimum Gasteiger partial charge on any atom is -0.370 e. The highest BCUT2D eigenvalue weighted by molar-refractivity contribution is 7.91. The first-order chi connectivity index (χ1) is 9.00. The summed E-state index contributed by atoms with van der Waals surface area (Å²) in [6.07, 6.45) is 0.728. The molecule has 1 aliphatic heterocycles. The van der Waals surface area contributed by atoms with E-state index in [1.54, 1.807) is 0 Å². The maximum Gasteiger partial charge on any atom is 0.151 e. The summed E-state index contributed by atoms with van der Waals surface area (Å²) < 4.78 is 23.0. The Bertz CT molecular complexity index is 530. The van der Waals surface area contributed by atoms with Crippen LogP contribution in [-0.2, 0) is 16.4 Å². The van der Waals surface area contributed by atoms with Crippen LogP contribution in [0.3, 0.4) is 0 Å². The smallest absolute Gasteiger partial charge is 0.151 e. The molecule has 0 saturated carbocycles. The molecule has 0 aliphatic carbocycles. The monoisotopic (exact) mass is 283 g/mol. The Hall–Kier alpha value is -1.14. The molecule has 1 aliphatic rings. The second-order valence-electron chi connectivity index (χ2n) is 5.02. The highest BCUT2D eigenvalue weighted by atomic mass is 32.2. The van der Waals surface area contributed by atoms with Crippen molar-refractivity contribution in [1.82, 2.24) is 9.88 Å². The van der Waals surface area contributed by atoms with Gasteiger partial charge in [-0.25, -0.2) is 13.4 Å². The van der Waals surface area contributed by atoms with E-state index in [0.29, 0.717) is 12.3 Å². The number of aromatic nitrogens is 1. The van der Waals surface area contributed by atoms with Crippen molar-refractivity contribution in [2.75, 3.05) is 30.4 Å². The minimum atomic E-state index is -2.82. The Morgan fingerprint density at radius 3 is 2.89 bits per heavy atom. The van der Waals surface area contributed by atoms with Gasteiger partial charge in [-0.15, -0.1) is 0 Å². The fourth-order valence-electron chi connectivity index (χ4n) is 2.35. The van der Waals surface area contributed by atoms with Gasteiger partial charge in [0.15, 0.2) is 9.84 Å². The highest BCUT2D eigenvalue weighted by Crippen LogP contribution is 2.18. The molecule has 1 aromatic heterocycles. The summed E-state index contributed by atoms with van der Waals surface area (Å²) in [6.45, 7) is 3.55. The van der Waals surface area contributed by atoms with E-state index in [1.807, 2.05) is 32.2 Å². The van der Waals surface area contributed by atoms with Crippen molar-refractivity contribution in [2.45, 2.75) is 25.9 Å². The molecule has 106 valence electrons. The molecular weight excluding hydrogens is 262 g/mol. The SMILES string of the molecule is CCNc1cccc(CN(C)C2CCS(=O)(=O)C2)n1. The summed E-state index contributed by atoms with van der Waals surface area (Å²) >= 11 is 0. The van der Waals surface area contributed by atoms with Crippen LogP contribution in [0.1, 0.15) is 19.0 Å². The summed E-state index contributed by atoms with van der Waals surface area (Å²) in [7, 11) is -0.859. The number of nitrogens with one attached hydrogen (secondary N) is 1. The van der Waals surface area contributed by atoms with Crippen molar-refractivity contribution in [3.05, 3.63) is 23.9 Å². The first-order valence-corrected chi connectivity index (χ1v) is 8.43. The topological polar surface area (TPSA) is 62.3 Å². The fraction of sp³-hybridized carbons (Fsp3) is 0.615. The van der Waals surface area contributed by atoms with Gasteiger partial charge in [0, 0.05) is 19.1 Å². The lowest BCUT2D eigenvalue weighted by Crippen LogP contribution is -2.32. The molecule has 1 N–H and O–H groups in total. The van der Waals surface area contributed by atoms with Crippen LogP contribution in [0.4, 0.5) is 5.82 Å². The van der Waals surface area contributed by atoms with Crippen molar-refractivity contribution < 1.29 is 8.42 Å². The summed E-state index contributed by atoms with van der Waals surface area (Å²) in [5, 5.41) is 3.18. The Kier molecular flexibility index (Phi) is 4.42. The second-order valence-corrected chi connectivity index (χ2v) is 7.25. The molecule has 0 radical (unpaired) electrons. The molecule has 1 saturated heterocycles. The average Bonchev–Trinajstić information content (AvgIpc) is 2.71. The third kappa shape index (κ3) is 3.91. The van der Waals surface area contributed by atoms with Gasteiger partial charge in [-0.2, -0.15) is 0 Å². The molecule has 19 heavy (non-hydrogen) atoms. The van der Waals surface area contributed by atoms with Gasteiger partial charge in [0.25, 0.3) is 0 Å². The number of nitrogens with zero attached hydrogens (tertiary/aromatic N) is 2. The molecule has 1 atom stereocenters.